The predicted octanol–water partition coefficient (Wildman–Crippen LogP) is 2.49. The largest absolute Gasteiger partial charge is 0.356 e. The maximum absolute atomic E-state index is 13.5. The third-order valence-electron chi connectivity index (χ3n) is 8.20. The van der Waals surface area contributed by atoms with E-state index in [-0.39, 0.29) is 23.2 Å². The normalized spacial score (nSPS) is 23.8. The van der Waals surface area contributed by atoms with Crippen molar-refractivity contribution < 1.29 is 22.4 Å². The van der Waals surface area contributed by atoms with Gasteiger partial charge in [-0.2, -0.15) is 17.4 Å². The molecule has 0 spiro atoms. The number of nitrogens with zero attached hydrogens (tertiary/aromatic N) is 4. The van der Waals surface area contributed by atoms with Gasteiger partial charge in [0.05, 0.1) is 5.02 Å². The van der Waals surface area contributed by atoms with Crippen molar-refractivity contribution in [2.45, 2.75) is 63.2 Å². The molecular weight excluding hydrogens is 585 g/mol. The minimum Gasteiger partial charge on any atom is -0.356 e. The number of likely N-dealkylation sites (tertiary alicyclic amines) is 1. The van der Waals surface area contributed by atoms with E-state index in [0.717, 1.165) is 35.8 Å². The molecular formula is C28H37ClFN7O4S. The van der Waals surface area contributed by atoms with Crippen LogP contribution in [-0.4, -0.2) is 85.8 Å². The van der Waals surface area contributed by atoms with Crippen LogP contribution >= 0.6 is 11.6 Å². The molecule has 228 valence electrons. The van der Waals surface area contributed by atoms with Gasteiger partial charge in [-0.3, -0.25) is 14.5 Å². The summed E-state index contributed by atoms with van der Waals surface area (Å²) in [6, 6.07) is 5.47. The zero-order chi connectivity index (χ0) is 29.9. The maximum Gasteiger partial charge on any atom is 0.280 e. The standard InChI is InChI=1S/C28H37ClFN7O4S/c1-35-25(28(39)33-21-5-6-23(30)22(29)16-21)17-24(34-42(35,40)41)27(38)32-20-8-13-37(14-9-20)26-15-19(7-10-31-26)18-36-11-3-2-4-12-36/h5-7,10,15-16,20,24-25,34H,2-4,8-9,11-14,17-18H2,1H3,(H,32,38)(H,33,39). The number of pyridine rings is 1. The summed E-state index contributed by atoms with van der Waals surface area (Å²) in [6.07, 6.45) is 6.93. The number of amides is 2. The Kier molecular flexibility index (Phi) is 9.63. The van der Waals surface area contributed by atoms with Crippen molar-refractivity contribution in [2.75, 3.05) is 43.4 Å². The van der Waals surface area contributed by atoms with Crippen LogP contribution in [0.3, 0.4) is 0 Å². The first kappa shape index (κ1) is 30.6. The fourth-order valence-corrected chi connectivity index (χ4v) is 7.17. The van der Waals surface area contributed by atoms with Crippen LogP contribution in [0.25, 0.3) is 0 Å². The van der Waals surface area contributed by atoms with Gasteiger partial charge in [0.2, 0.25) is 11.8 Å². The van der Waals surface area contributed by atoms with Crippen molar-refractivity contribution in [3.8, 4) is 0 Å². The lowest BCUT2D eigenvalue weighted by atomic mass is 10.0. The van der Waals surface area contributed by atoms with Gasteiger partial charge >= 0.3 is 0 Å². The highest BCUT2D eigenvalue weighted by atomic mass is 35.5. The number of carbonyl (C=O) groups is 2. The van der Waals surface area contributed by atoms with Crippen molar-refractivity contribution in [3.05, 3.63) is 52.9 Å². The Hall–Kier alpha value is -2.84. The van der Waals surface area contributed by atoms with E-state index >= 15 is 0 Å². The number of piperidine rings is 2. The van der Waals surface area contributed by atoms with Gasteiger partial charge in [0.15, 0.2) is 0 Å². The Bertz CT molecular complexity index is 1400. The van der Waals surface area contributed by atoms with Crippen LogP contribution in [0.15, 0.2) is 36.5 Å². The van der Waals surface area contributed by atoms with Crippen molar-refractivity contribution in [1.82, 2.24) is 24.2 Å². The Morgan fingerprint density at radius 2 is 1.81 bits per heavy atom. The van der Waals surface area contributed by atoms with Crippen molar-refractivity contribution in [2.24, 2.45) is 0 Å². The highest BCUT2D eigenvalue weighted by Crippen LogP contribution is 2.24. The first-order chi connectivity index (χ1) is 20.1. The topological polar surface area (TPSA) is 127 Å². The SMILES string of the molecule is CN1C(C(=O)Nc2ccc(F)c(Cl)c2)CC(C(=O)NC2CCN(c3cc(CN4CCCCC4)ccn3)CC2)NS1(=O)=O. The Morgan fingerprint density at radius 1 is 1.07 bits per heavy atom. The molecule has 3 fully saturated rings. The smallest absolute Gasteiger partial charge is 0.280 e. The van der Waals surface area contributed by atoms with Gasteiger partial charge in [-0.15, -0.1) is 0 Å². The molecule has 2 atom stereocenters. The molecule has 14 heteroatoms. The lowest BCUT2D eigenvalue weighted by Gasteiger charge is -2.37. The maximum atomic E-state index is 13.5. The molecule has 5 rings (SSSR count). The zero-order valence-corrected chi connectivity index (χ0v) is 25.1. The molecule has 2 unspecified atom stereocenters. The van der Waals surface area contributed by atoms with Crippen molar-refractivity contribution >= 4 is 45.1 Å². The average molecular weight is 622 g/mol. The van der Waals surface area contributed by atoms with Gasteiger partial charge in [-0.1, -0.05) is 18.0 Å². The second-order valence-electron chi connectivity index (χ2n) is 11.2. The van der Waals surface area contributed by atoms with E-state index in [0.29, 0.717) is 25.9 Å². The molecule has 0 radical (unpaired) electrons. The molecule has 0 aliphatic carbocycles. The number of anilines is 2. The molecule has 1 aromatic heterocycles. The summed E-state index contributed by atoms with van der Waals surface area (Å²) in [4.78, 5) is 35.4. The van der Waals surface area contributed by atoms with Gasteiger partial charge in [0, 0.05) is 44.6 Å². The molecule has 3 aliphatic heterocycles. The second kappa shape index (κ2) is 13.2. The van der Waals surface area contributed by atoms with Gasteiger partial charge in [0.25, 0.3) is 10.2 Å². The zero-order valence-electron chi connectivity index (χ0n) is 23.6. The lowest BCUT2D eigenvalue weighted by molar-refractivity contribution is -0.125. The molecule has 3 saturated heterocycles. The predicted molar refractivity (Wildman–Crippen MR) is 159 cm³/mol. The minimum absolute atomic E-state index is 0.0745. The number of carbonyl (C=O) groups excluding carboxylic acids is 2. The molecule has 2 amide bonds. The van der Waals surface area contributed by atoms with Crippen molar-refractivity contribution in [1.29, 1.82) is 0 Å². The number of rotatable bonds is 7. The van der Waals surface area contributed by atoms with Crippen LogP contribution in [-0.2, 0) is 26.3 Å². The molecule has 0 bridgehead atoms. The van der Waals surface area contributed by atoms with Gasteiger partial charge in [-0.25, -0.2) is 9.37 Å². The summed E-state index contributed by atoms with van der Waals surface area (Å²) in [7, 11) is -2.83. The number of halogens is 2. The van der Waals surface area contributed by atoms with E-state index in [1.54, 1.807) is 0 Å². The van der Waals surface area contributed by atoms with E-state index in [1.807, 2.05) is 6.20 Å². The third kappa shape index (κ3) is 7.38. The van der Waals surface area contributed by atoms with Crippen LogP contribution in [0.1, 0.15) is 44.1 Å². The monoisotopic (exact) mass is 621 g/mol. The molecule has 11 nitrogen and oxygen atoms in total. The van der Waals surface area contributed by atoms with Crippen LogP contribution in [0.2, 0.25) is 5.02 Å². The average Bonchev–Trinajstić information content (AvgIpc) is 2.97. The molecule has 3 N–H and O–H groups in total. The van der Waals surface area contributed by atoms with Crippen LogP contribution < -0.4 is 20.3 Å². The van der Waals surface area contributed by atoms with E-state index < -0.39 is 39.9 Å². The highest BCUT2D eigenvalue weighted by Gasteiger charge is 2.43. The molecule has 3 aliphatic rings. The van der Waals surface area contributed by atoms with Gasteiger partial charge < -0.3 is 15.5 Å². The molecule has 2 aromatic rings. The van der Waals surface area contributed by atoms with E-state index in [4.69, 9.17) is 11.6 Å². The fourth-order valence-electron chi connectivity index (χ4n) is 5.74. The van der Waals surface area contributed by atoms with E-state index in [2.05, 4.69) is 42.3 Å². The summed E-state index contributed by atoms with van der Waals surface area (Å²) in [5, 5.41) is 5.36. The Balaban J connectivity index is 1.15. The number of hydrogen-bond acceptors (Lipinski definition) is 7. The number of nitrogens with one attached hydrogen (secondary N) is 3. The van der Waals surface area contributed by atoms with Crippen LogP contribution in [0, 0.1) is 5.82 Å². The lowest BCUT2D eigenvalue weighted by Crippen LogP contribution is -2.63. The molecule has 0 saturated carbocycles. The molecule has 42 heavy (non-hydrogen) atoms. The summed E-state index contributed by atoms with van der Waals surface area (Å²) in [6.45, 7) is 4.59. The fraction of sp³-hybridized carbons (Fsp3) is 0.536. The van der Waals surface area contributed by atoms with Crippen molar-refractivity contribution in [3.63, 3.8) is 0 Å². The third-order valence-corrected chi connectivity index (χ3v) is 10.1. The summed E-state index contributed by atoms with van der Waals surface area (Å²) in [5.41, 5.74) is 1.46. The van der Waals surface area contributed by atoms with Crippen LogP contribution in [0.5, 0.6) is 0 Å². The minimum atomic E-state index is -4.10. The summed E-state index contributed by atoms with van der Waals surface area (Å²) in [5.74, 6) is -0.842. The molecule has 4 heterocycles. The number of aromatic nitrogens is 1. The van der Waals surface area contributed by atoms with E-state index in [9.17, 15) is 22.4 Å². The number of hydrogen-bond donors (Lipinski definition) is 3. The van der Waals surface area contributed by atoms with Gasteiger partial charge in [-0.05, 0) is 81.1 Å². The quantitative estimate of drug-likeness (QED) is 0.434. The van der Waals surface area contributed by atoms with E-state index in [1.165, 1.54) is 44.0 Å². The number of likely N-dealkylation sites (N-methyl/N-ethyl adjacent to an activating group) is 1. The Labute approximate surface area is 251 Å². The highest BCUT2D eigenvalue weighted by molar-refractivity contribution is 7.87. The summed E-state index contributed by atoms with van der Waals surface area (Å²) >= 11 is 5.80. The van der Waals surface area contributed by atoms with Gasteiger partial charge in [0.1, 0.15) is 23.7 Å². The second-order valence-corrected chi connectivity index (χ2v) is 13.4. The number of benzene rings is 1. The first-order valence-electron chi connectivity index (χ1n) is 14.3. The summed E-state index contributed by atoms with van der Waals surface area (Å²) < 4.78 is 42.3. The van der Waals surface area contributed by atoms with Crippen LogP contribution in [0.4, 0.5) is 15.9 Å². The Morgan fingerprint density at radius 3 is 2.52 bits per heavy atom. The molecule has 1 aromatic carbocycles. The first-order valence-corrected chi connectivity index (χ1v) is 16.1.